The number of hydrogen-bond donors (Lipinski definition) is 1. The van der Waals surface area contributed by atoms with Gasteiger partial charge in [0.15, 0.2) is 0 Å². The summed E-state index contributed by atoms with van der Waals surface area (Å²) in [6.45, 7) is -0.286. The average Bonchev–Trinajstić information content (AvgIpc) is 2.83. The van der Waals surface area contributed by atoms with E-state index in [1.807, 2.05) is 0 Å². The van der Waals surface area contributed by atoms with Crippen molar-refractivity contribution in [1.82, 2.24) is 9.88 Å². The third-order valence-electron chi connectivity index (χ3n) is 2.73. The van der Waals surface area contributed by atoms with Crippen LogP contribution in [0.5, 0.6) is 0 Å². The van der Waals surface area contributed by atoms with Gasteiger partial charge in [-0.05, 0) is 24.3 Å². The fourth-order valence-corrected chi connectivity index (χ4v) is 2.75. The van der Waals surface area contributed by atoms with Gasteiger partial charge in [-0.3, -0.25) is 9.59 Å². The largest absolute Gasteiger partial charge is 0.421 e. The number of hydrogen-bond acceptors (Lipinski definition) is 3. The first-order valence-electron chi connectivity index (χ1n) is 6.05. The molecule has 0 fully saturated rings. The maximum Gasteiger partial charge on any atom is 0.421 e. The lowest BCUT2D eigenvalue weighted by molar-refractivity contribution is -0.139. The van der Waals surface area contributed by atoms with E-state index in [0.29, 0.717) is 10.4 Å². The van der Waals surface area contributed by atoms with Crippen molar-refractivity contribution in [1.29, 1.82) is 0 Å². The topological polar surface area (TPSA) is 51.1 Å². The molecule has 2 aromatic heterocycles. The number of nitrogens with zero attached hydrogens (tertiary/aromatic N) is 1. The lowest BCUT2D eigenvalue weighted by Crippen LogP contribution is -2.34. The number of nitrogens with one attached hydrogen (secondary N) is 1. The van der Waals surface area contributed by atoms with Gasteiger partial charge in [0.25, 0.3) is 5.56 Å². The van der Waals surface area contributed by atoms with Crippen LogP contribution in [-0.2, 0) is 24.1 Å². The second-order valence-electron chi connectivity index (χ2n) is 4.34. The zero-order valence-electron chi connectivity index (χ0n) is 11.0. The molecule has 0 spiro atoms. The minimum Gasteiger partial charge on any atom is -0.350 e. The highest BCUT2D eigenvalue weighted by molar-refractivity contribution is 7.16. The van der Waals surface area contributed by atoms with Gasteiger partial charge in [0.2, 0.25) is 5.91 Å². The van der Waals surface area contributed by atoms with Gasteiger partial charge in [-0.25, -0.2) is 0 Å². The quantitative estimate of drug-likeness (QED) is 0.921. The highest BCUT2D eigenvalue weighted by Gasteiger charge is 2.34. The smallest absolute Gasteiger partial charge is 0.350 e. The number of carbonyl (C=O) groups excluding carboxylic acids is 1. The van der Waals surface area contributed by atoms with Crippen molar-refractivity contribution in [3.05, 3.63) is 55.6 Å². The first-order chi connectivity index (χ1) is 10.3. The van der Waals surface area contributed by atoms with Crippen LogP contribution in [0.4, 0.5) is 13.2 Å². The van der Waals surface area contributed by atoms with Gasteiger partial charge < -0.3 is 9.88 Å². The number of thiophene rings is 1. The summed E-state index contributed by atoms with van der Waals surface area (Å²) in [4.78, 5) is 24.2. The summed E-state index contributed by atoms with van der Waals surface area (Å²) in [6, 6.07) is 5.16. The molecule has 0 saturated carbocycles. The van der Waals surface area contributed by atoms with Crippen LogP contribution in [0.15, 0.2) is 35.3 Å². The zero-order valence-corrected chi connectivity index (χ0v) is 12.6. The Bertz CT molecular complexity index is 739. The molecule has 0 aromatic carbocycles. The minimum atomic E-state index is -4.75. The van der Waals surface area contributed by atoms with Gasteiger partial charge in [0.1, 0.15) is 12.1 Å². The Morgan fingerprint density at radius 1 is 1.32 bits per heavy atom. The molecule has 0 atom stereocenters. The molecule has 0 radical (unpaired) electrons. The zero-order chi connectivity index (χ0) is 16.3. The maximum absolute atomic E-state index is 12.6. The van der Waals surface area contributed by atoms with Crippen LogP contribution >= 0.6 is 22.9 Å². The number of amides is 1. The molecule has 1 N–H and O–H groups in total. The molecule has 2 aromatic rings. The number of alkyl halides is 3. The van der Waals surface area contributed by atoms with Crippen molar-refractivity contribution in [2.24, 2.45) is 0 Å². The van der Waals surface area contributed by atoms with Crippen LogP contribution in [0, 0.1) is 0 Å². The fraction of sp³-hybridized carbons (Fsp3) is 0.231. The van der Waals surface area contributed by atoms with Crippen LogP contribution < -0.4 is 10.9 Å². The van der Waals surface area contributed by atoms with E-state index in [0.717, 1.165) is 21.7 Å². The molecule has 0 bridgehead atoms. The van der Waals surface area contributed by atoms with Crippen LogP contribution in [0.25, 0.3) is 0 Å². The van der Waals surface area contributed by atoms with E-state index >= 15 is 0 Å². The normalized spacial score (nSPS) is 11.5. The van der Waals surface area contributed by atoms with Gasteiger partial charge in [-0.1, -0.05) is 11.6 Å². The van der Waals surface area contributed by atoms with Gasteiger partial charge >= 0.3 is 6.18 Å². The highest BCUT2D eigenvalue weighted by atomic mass is 35.5. The Hall–Kier alpha value is -1.80. The van der Waals surface area contributed by atoms with E-state index in [1.165, 1.54) is 11.3 Å². The molecule has 9 heteroatoms. The molecule has 4 nitrogen and oxygen atoms in total. The highest BCUT2D eigenvalue weighted by Crippen LogP contribution is 2.26. The van der Waals surface area contributed by atoms with Gasteiger partial charge in [-0.15, -0.1) is 11.3 Å². The molecule has 22 heavy (non-hydrogen) atoms. The SMILES string of the molecule is O=C(Cn1cccc(C(F)(F)F)c1=O)NCc1ccc(Cl)s1. The molecular formula is C13H10ClF3N2O2S. The van der Waals surface area contributed by atoms with Crippen molar-refractivity contribution in [3.63, 3.8) is 0 Å². The number of aromatic nitrogens is 1. The third-order valence-corrected chi connectivity index (χ3v) is 3.96. The fourth-order valence-electron chi connectivity index (χ4n) is 1.72. The standard InChI is InChI=1S/C13H10ClF3N2O2S/c14-10-4-3-8(22-10)6-18-11(20)7-19-5-1-2-9(12(19)21)13(15,16)17/h1-5H,6-7H2,(H,18,20). The molecule has 118 valence electrons. The van der Waals surface area contributed by atoms with E-state index in [2.05, 4.69) is 5.32 Å². The van der Waals surface area contributed by atoms with Crippen molar-refractivity contribution in [2.45, 2.75) is 19.3 Å². The first-order valence-corrected chi connectivity index (χ1v) is 7.24. The van der Waals surface area contributed by atoms with Gasteiger partial charge in [0.05, 0.1) is 10.9 Å². The van der Waals surface area contributed by atoms with Crippen molar-refractivity contribution < 1.29 is 18.0 Å². The molecule has 2 heterocycles. The average molecular weight is 351 g/mol. The Labute approximate surface area is 132 Å². The van der Waals surface area contributed by atoms with Crippen LogP contribution in [0.1, 0.15) is 10.4 Å². The van der Waals surface area contributed by atoms with E-state index in [-0.39, 0.29) is 6.54 Å². The molecule has 0 aliphatic rings. The molecule has 0 saturated heterocycles. The van der Waals surface area contributed by atoms with E-state index in [4.69, 9.17) is 11.6 Å². The monoisotopic (exact) mass is 350 g/mol. The van der Waals surface area contributed by atoms with E-state index < -0.39 is 29.8 Å². The number of pyridine rings is 1. The lowest BCUT2D eigenvalue weighted by Gasteiger charge is -2.10. The second-order valence-corrected chi connectivity index (χ2v) is 6.13. The summed E-state index contributed by atoms with van der Waals surface area (Å²) in [5.41, 5.74) is -2.54. The summed E-state index contributed by atoms with van der Waals surface area (Å²) < 4.78 is 39.1. The summed E-state index contributed by atoms with van der Waals surface area (Å²) >= 11 is 7.02. The van der Waals surface area contributed by atoms with Crippen LogP contribution in [-0.4, -0.2) is 10.5 Å². The van der Waals surface area contributed by atoms with Crippen molar-refractivity contribution >= 4 is 28.8 Å². The number of carbonyl (C=O) groups is 1. The van der Waals surface area contributed by atoms with Crippen LogP contribution in [0.2, 0.25) is 4.34 Å². The molecule has 1 amide bonds. The molecular weight excluding hydrogens is 341 g/mol. The van der Waals surface area contributed by atoms with Crippen LogP contribution in [0.3, 0.4) is 0 Å². The number of halogens is 4. The Morgan fingerprint density at radius 3 is 2.64 bits per heavy atom. The molecule has 0 unspecified atom stereocenters. The van der Waals surface area contributed by atoms with Gasteiger partial charge in [0, 0.05) is 11.1 Å². The maximum atomic E-state index is 12.6. The van der Waals surface area contributed by atoms with Crippen molar-refractivity contribution in [2.75, 3.05) is 0 Å². The summed E-state index contributed by atoms with van der Waals surface area (Å²) in [5, 5.41) is 2.52. The number of rotatable bonds is 4. The van der Waals surface area contributed by atoms with E-state index in [1.54, 1.807) is 12.1 Å². The summed E-state index contributed by atoms with van der Waals surface area (Å²) in [6.07, 6.45) is -3.61. The third kappa shape index (κ3) is 4.11. The Balaban J connectivity index is 2.04. The van der Waals surface area contributed by atoms with Crippen molar-refractivity contribution in [3.8, 4) is 0 Å². The van der Waals surface area contributed by atoms with Gasteiger partial charge in [-0.2, -0.15) is 13.2 Å². The molecule has 0 aliphatic carbocycles. The Morgan fingerprint density at radius 2 is 2.05 bits per heavy atom. The van der Waals surface area contributed by atoms with E-state index in [9.17, 15) is 22.8 Å². The molecule has 0 aliphatic heterocycles. The Kier molecular flexibility index (Phi) is 4.92. The second kappa shape index (κ2) is 6.53. The first kappa shape index (κ1) is 16.6. The molecule has 2 rings (SSSR count). The predicted octanol–water partition coefficient (Wildman–Crippen LogP) is 2.90. The minimum absolute atomic E-state index is 0.198. The predicted molar refractivity (Wildman–Crippen MR) is 76.9 cm³/mol. The summed E-state index contributed by atoms with van der Waals surface area (Å²) in [5.74, 6) is -0.564. The summed E-state index contributed by atoms with van der Waals surface area (Å²) in [7, 11) is 0. The lowest BCUT2D eigenvalue weighted by atomic mass is 10.2.